The topological polar surface area (TPSA) is 77.4 Å². The number of hydrogen-bond donors (Lipinski definition) is 0. The van der Waals surface area contributed by atoms with Crippen molar-refractivity contribution in [3.05, 3.63) is 138 Å². The zero-order chi connectivity index (χ0) is 29.1. The summed E-state index contributed by atoms with van der Waals surface area (Å²) >= 11 is 0. The van der Waals surface area contributed by atoms with Crippen molar-refractivity contribution in [1.29, 1.82) is 0 Å². The lowest BCUT2D eigenvalue weighted by Crippen LogP contribution is -2.27. The summed E-state index contributed by atoms with van der Waals surface area (Å²) in [7, 11) is 3.16. The fourth-order valence-electron chi connectivity index (χ4n) is 5.20. The molecular formula is C35H28N2O5. The van der Waals surface area contributed by atoms with E-state index in [4.69, 9.17) is 19.3 Å². The first-order chi connectivity index (χ1) is 20.6. The van der Waals surface area contributed by atoms with Crippen molar-refractivity contribution in [1.82, 2.24) is 5.01 Å². The average Bonchev–Trinajstić information content (AvgIpc) is 3.50. The Morgan fingerprint density at radius 1 is 0.738 bits per heavy atom. The molecule has 5 aromatic rings. The summed E-state index contributed by atoms with van der Waals surface area (Å²) in [6.45, 7) is 0. The molecule has 0 radical (unpaired) electrons. The van der Waals surface area contributed by atoms with Crippen LogP contribution in [0.3, 0.4) is 0 Å². The molecule has 1 heterocycles. The highest BCUT2D eigenvalue weighted by atomic mass is 16.5. The Balaban J connectivity index is 1.46. The molecule has 1 aliphatic heterocycles. The fraction of sp³-hybridized carbons (Fsp3) is 0.114. The molecule has 42 heavy (non-hydrogen) atoms. The van der Waals surface area contributed by atoms with Gasteiger partial charge in [-0.3, -0.25) is 4.79 Å². The van der Waals surface area contributed by atoms with Gasteiger partial charge in [-0.2, -0.15) is 5.10 Å². The van der Waals surface area contributed by atoms with Crippen LogP contribution in [-0.4, -0.2) is 36.8 Å². The van der Waals surface area contributed by atoms with Crippen molar-refractivity contribution in [2.75, 3.05) is 14.2 Å². The van der Waals surface area contributed by atoms with Crippen molar-refractivity contribution in [3.8, 4) is 17.2 Å². The van der Waals surface area contributed by atoms with Gasteiger partial charge in [0.1, 0.15) is 5.75 Å². The van der Waals surface area contributed by atoms with Crippen LogP contribution in [0.4, 0.5) is 0 Å². The van der Waals surface area contributed by atoms with Crippen molar-refractivity contribution in [3.63, 3.8) is 0 Å². The number of nitrogens with zero attached hydrogens (tertiary/aromatic N) is 2. The van der Waals surface area contributed by atoms with Gasteiger partial charge < -0.3 is 14.2 Å². The van der Waals surface area contributed by atoms with Crippen molar-refractivity contribution in [2.45, 2.75) is 12.5 Å². The van der Waals surface area contributed by atoms with Crippen LogP contribution in [0.2, 0.25) is 0 Å². The van der Waals surface area contributed by atoms with Crippen LogP contribution in [0.1, 0.15) is 44.3 Å². The third kappa shape index (κ3) is 5.08. The van der Waals surface area contributed by atoms with Gasteiger partial charge in [0.25, 0.3) is 5.91 Å². The highest BCUT2D eigenvalue weighted by molar-refractivity contribution is 6.11. The van der Waals surface area contributed by atoms with Gasteiger partial charge in [0.15, 0.2) is 11.5 Å². The van der Waals surface area contributed by atoms with E-state index in [9.17, 15) is 9.59 Å². The largest absolute Gasteiger partial charge is 0.493 e. The number of fused-ring (bicyclic) bond motifs is 1. The van der Waals surface area contributed by atoms with Gasteiger partial charge in [0, 0.05) is 22.9 Å². The summed E-state index contributed by atoms with van der Waals surface area (Å²) in [4.78, 5) is 27.1. The minimum atomic E-state index is -0.472. The van der Waals surface area contributed by atoms with E-state index in [0.717, 1.165) is 16.3 Å². The molecule has 0 bridgehead atoms. The van der Waals surface area contributed by atoms with Crippen LogP contribution in [0.5, 0.6) is 17.2 Å². The summed E-state index contributed by atoms with van der Waals surface area (Å²) in [5, 5.41) is 8.08. The van der Waals surface area contributed by atoms with E-state index in [0.29, 0.717) is 46.1 Å². The number of rotatable bonds is 7. The highest BCUT2D eigenvalue weighted by Gasteiger charge is 2.35. The number of ether oxygens (including phenoxy) is 3. The molecule has 1 aliphatic rings. The van der Waals surface area contributed by atoms with Gasteiger partial charge in [0.2, 0.25) is 0 Å². The third-order valence-electron chi connectivity index (χ3n) is 7.33. The number of benzene rings is 5. The molecule has 1 amide bonds. The molecule has 208 valence electrons. The molecule has 0 aromatic heterocycles. The zero-order valence-electron chi connectivity index (χ0n) is 23.2. The quantitative estimate of drug-likeness (QED) is 0.158. The molecule has 0 saturated heterocycles. The SMILES string of the molecule is COc1ccc(C2CC(c3ccc4ccccc4c3OC(=O)c3ccccc3)=NN2C(=O)c2ccccc2)cc1OC. The molecule has 0 fully saturated rings. The molecule has 7 nitrogen and oxygen atoms in total. The lowest BCUT2D eigenvalue weighted by atomic mass is 9.95. The summed E-state index contributed by atoms with van der Waals surface area (Å²) in [5.41, 5.74) is 3.06. The first kappa shape index (κ1) is 26.8. The lowest BCUT2D eigenvalue weighted by Gasteiger charge is -2.23. The van der Waals surface area contributed by atoms with Crippen molar-refractivity contribution in [2.24, 2.45) is 5.10 Å². The number of hydrazone groups is 1. The molecule has 0 saturated carbocycles. The Morgan fingerprint density at radius 2 is 1.40 bits per heavy atom. The maximum atomic E-state index is 13.8. The molecule has 1 unspecified atom stereocenters. The van der Waals surface area contributed by atoms with Gasteiger partial charge in [-0.15, -0.1) is 0 Å². The van der Waals surface area contributed by atoms with Crippen LogP contribution in [0.25, 0.3) is 10.8 Å². The van der Waals surface area contributed by atoms with Crippen LogP contribution in [0, 0.1) is 0 Å². The summed E-state index contributed by atoms with van der Waals surface area (Å²) in [6.07, 6.45) is 0.391. The molecule has 6 rings (SSSR count). The van der Waals surface area contributed by atoms with Crippen LogP contribution in [0.15, 0.2) is 120 Å². The van der Waals surface area contributed by atoms with E-state index in [-0.39, 0.29) is 5.91 Å². The van der Waals surface area contributed by atoms with Gasteiger partial charge in [0.05, 0.1) is 31.5 Å². The number of carbonyl (C=O) groups is 2. The van der Waals surface area contributed by atoms with E-state index < -0.39 is 12.0 Å². The molecular weight excluding hydrogens is 528 g/mol. The minimum absolute atomic E-state index is 0.242. The second-order valence-corrected chi connectivity index (χ2v) is 9.82. The summed E-state index contributed by atoms with van der Waals surface area (Å²) < 4.78 is 17.1. The maximum Gasteiger partial charge on any atom is 0.343 e. The maximum absolute atomic E-state index is 13.8. The van der Waals surface area contributed by atoms with E-state index in [1.165, 1.54) is 5.01 Å². The first-order valence-corrected chi connectivity index (χ1v) is 13.5. The van der Waals surface area contributed by atoms with Gasteiger partial charge in [-0.25, -0.2) is 9.80 Å². The standard InChI is InChI=1S/C35H28N2O5/c1-40-31-20-18-26(21-32(31)41-2)30-22-29(36-37(30)34(38)24-12-5-3-6-13-24)28-19-17-23-11-9-10-16-27(23)33(28)42-35(39)25-14-7-4-8-15-25/h3-21,30H,22H2,1-2H3. The number of amides is 1. The Kier molecular flexibility index (Phi) is 7.39. The zero-order valence-corrected chi connectivity index (χ0v) is 23.2. The Hall–Kier alpha value is -5.43. The molecule has 7 heteroatoms. The van der Waals surface area contributed by atoms with E-state index in [1.807, 2.05) is 78.9 Å². The first-order valence-electron chi connectivity index (χ1n) is 13.5. The normalized spacial score (nSPS) is 14.4. The summed E-state index contributed by atoms with van der Waals surface area (Å²) in [5.74, 6) is 0.833. The average molecular weight is 557 g/mol. The van der Waals surface area contributed by atoms with E-state index in [1.54, 1.807) is 50.6 Å². The number of methoxy groups -OCH3 is 2. The molecule has 0 spiro atoms. The predicted octanol–water partition coefficient (Wildman–Crippen LogP) is 7.07. The smallest absolute Gasteiger partial charge is 0.343 e. The Morgan fingerprint density at radius 3 is 2.12 bits per heavy atom. The minimum Gasteiger partial charge on any atom is -0.493 e. The molecule has 0 N–H and O–H groups in total. The second kappa shape index (κ2) is 11.6. The van der Waals surface area contributed by atoms with Gasteiger partial charge in [-0.05, 0) is 53.4 Å². The van der Waals surface area contributed by atoms with Crippen molar-refractivity contribution >= 4 is 28.4 Å². The fourth-order valence-corrected chi connectivity index (χ4v) is 5.20. The molecule has 5 aromatic carbocycles. The van der Waals surface area contributed by atoms with Crippen LogP contribution in [-0.2, 0) is 0 Å². The predicted molar refractivity (Wildman–Crippen MR) is 161 cm³/mol. The highest BCUT2D eigenvalue weighted by Crippen LogP contribution is 2.41. The van der Waals surface area contributed by atoms with Crippen LogP contribution < -0.4 is 14.2 Å². The molecule has 1 atom stereocenters. The monoisotopic (exact) mass is 556 g/mol. The second-order valence-electron chi connectivity index (χ2n) is 9.82. The van der Waals surface area contributed by atoms with Gasteiger partial charge in [-0.1, -0.05) is 72.8 Å². The third-order valence-corrected chi connectivity index (χ3v) is 7.33. The summed E-state index contributed by atoms with van der Waals surface area (Å²) in [6, 6.07) is 34.7. The van der Waals surface area contributed by atoms with Crippen molar-refractivity contribution < 1.29 is 23.8 Å². The van der Waals surface area contributed by atoms with E-state index >= 15 is 0 Å². The Labute approximate surface area is 243 Å². The van der Waals surface area contributed by atoms with Gasteiger partial charge >= 0.3 is 5.97 Å². The lowest BCUT2D eigenvalue weighted by molar-refractivity contribution is 0.0708. The van der Waals surface area contributed by atoms with Crippen LogP contribution >= 0.6 is 0 Å². The number of esters is 1. The van der Waals surface area contributed by atoms with E-state index in [2.05, 4.69) is 0 Å². The molecule has 0 aliphatic carbocycles. The number of carbonyl (C=O) groups excluding carboxylic acids is 2. The Bertz CT molecular complexity index is 1800. The number of hydrogen-bond acceptors (Lipinski definition) is 6.